The highest BCUT2D eigenvalue weighted by molar-refractivity contribution is 5.99. The van der Waals surface area contributed by atoms with Crippen LogP contribution in [0.4, 0.5) is 0 Å². The fourth-order valence-corrected chi connectivity index (χ4v) is 1.92. The number of hydrogen-bond acceptors (Lipinski definition) is 4. The summed E-state index contributed by atoms with van der Waals surface area (Å²) in [5.41, 5.74) is 0.473. The average molecular weight is 249 g/mol. The van der Waals surface area contributed by atoms with Crippen molar-refractivity contribution in [3.8, 4) is 11.5 Å². The summed E-state index contributed by atoms with van der Waals surface area (Å²) in [5.74, 6) is 1.04. The van der Waals surface area contributed by atoms with Gasteiger partial charge in [-0.3, -0.25) is 9.59 Å². The molecule has 18 heavy (non-hydrogen) atoms. The van der Waals surface area contributed by atoms with E-state index in [4.69, 9.17) is 9.47 Å². The molecule has 1 aliphatic rings. The molecule has 0 saturated carbocycles. The molecule has 0 aliphatic carbocycles. The van der Waals surface area contributed by atoms with Crippen LogP contribution < -0.4 is 9.47 Å². The van der Waals surface area contributed by atoms with Crippen LogP contribution in [0.15, 0.2) is 18.2 Å². The summed E-state index contributed by atoms with van der Waals surface area (Å²) in [6, 6.07) is 4.99. The molecule has 5 nitrogen and oxygen atoms in total. The third-order valence-electron chi connectivity index (χ3n) is 2.91. The minimum Gasteiger partial charge on any atom is -0.497 e. The number of methoxy groups -OCH3 is 2. The van der Waals surface area contributed by atoms with Gasteiger partial charge < -0.3 is 14.4 Å². The molecule has 1 aromatic rings. The Hall–Kier alpha value is -2.04. The Labute approximate surface area is 105 Å². The van der Waals surface area contributed by atoms with Crippen LogP contribution in [0.2, 0.25) is 0 Å². The third-order valence-corrected chi connectivity index (χ3v) is 2.91. The van der Waals surface area contributed by atoms with Crippen molar-refractivity contribution >= 4 is 11.7 Å². The van der Waals surface area contributed by atoms with Gasteiger partial charge in [-0.1, -0.05) is 0 Å². The van der Waals surface area contributed by atoms with Crippen molar-refractivity contribution in [2.75, 3.05) is 27.3 Å². The number of rotatable bonds is 3. The lowest BCUT2D eigenvalue weighted by molar-refractivity contribution is -0.116. The Morgan fingerprint density at radius 2 is 1.78 bits per heavy atom. The Morgan fingerprint density at radius 1 is 1.17 bits per heavy atom. The molecule has 5 heteroatoms. The topological polar surface area (TPSA) is 55.8 Å². The molecule has 1 amide bonds. The molecule has 1 aliphatic heterocycles. The van der Waals surface area contributed by atoms with E-state index >= 15 is 0 Å². The molecule has 0 bridgehead atoms. The predicted octanol–water partition coefficient (Wildman–Crippen LogP) is 1.12. The Bertz CT molecular complexity index is 462. The number of Topliss-reactive ketones (excluding diaryl/α,β-unsaturated/α-hetero) is 1. The molecular formula is C13H15NO4. The number of ether oxygens (including phenoxy) is 2. The number of likely N-dealkylation sites (tertiary alicyclic amines) is 1. The number of hydrogen-bond donors (Lipinski definition) is 0. The lowest BCUT2D eigenvalue weighted by Gasteiger charge is -2.15. The van der Waals surface area contributed by atoms with Gasteiger partial charge in [0.1, 0.15) is 11.5 Å². The van der Waals surface area contributed by atoms with Gasteiger partial charge in [0.05, 0.1) is 20.8 Å². The van der Waals surface area contributed by atoms with E-state index in [0.29, 0.717) is 30.0 Å². The van der Waals surface area contributed by atoms with E-state index in [9.17, 15) is 9.59 Å². The number of benzene rings is 1. The van der Waals surface area contributed by atoms with Crippen molar-refractivity contribution in [2.45, 2.75) is 6.42 Å². The zero-order valence-corrected chi connectivity index (χ0v) is 10.4. The highest BCUT2D eigenvalue weighted by atomic mass is 16.5. The average Bonchev–Trinajstić information content (AvgIpc) is 2.83. The first kappa shape index (κ1) is 12.4. The highest BCUT2D eigenvalue weighted by Crippen LogP contribution is 2.24. The fourth-order valence-electron chi connectivity index (χ4n) is 1.92. The first-order valence-electron chi connectivity index (χ1n) is 5.68. The van der Waals surface area contributed by atoms with E-state index < -0.39 is 0 Å². The predicted molar refractivity (Wildman–Crippen MR) is 65.1 cm³/mol. The van der Waals surface area contributed by atoms with E-state index in [1.54, 1.807) is 18.2 Å². The summed E-state index contributed by atoms with van der Waals surface area (Å²) >= 11 is 0. The van der Waals surface area contributed by atoms with Crippen LogP contribution in [0.3, 0.4) is 0 Å². The van der Waals surface area contributed by atoms with Crippen LogP contribution in [0.1, 0.15) is 16.8 Å². The minimum atomic E-state index is -0.168. The van der Waals surface area contributed by atoms with Crippen LogP contribution in [-0.2, 0) is 4.79 Å². The summed E-state index contributed by atoms with van der Waals surface area (Å²) in [6.07, 6.45) is 0.437. The fraction of sp³-hybridized carbons (Fsp3) is 0.385. The molecule has 0 atom stereocenters. The summed E-state index contributed by atoms with van der Waals surface area (Å²) < 4.78 is 10.2. The van der Waals surface area contributed by atoms with Gasteiger partial charge >= 0.3 is 0 Å². The van der Waals surface area contributed by atoms with E-state index in [1.807, 2.05) is 0 Å². The SMILES string of the molecule is COc1cc(OC)cc(C(=O)N2CCC(=O)C2)c1. The second-order valence-corrected chi connectivity index (χ2v) is 4.12. The van der Waals surface area contributed by atoms with Crippen molar-refractivity contribution < 1.29 is 19.1 Å². The van der Waals surface area contributed by atoms with Gasteiger partial charge in [0, 0.05) is 24.6 Å². The maximum atomic E-state index is 12.2. The van der Waals surface area contributed by atoms with Gasteiger partial charge in [0.2, 0.25) is 0 Å². The van der Waals surface area contributed by atoms with Crippen molar-refractivity contribution in [3.05, 3.63) is 23.8 Å². The van der Waals surface area contributed by atoms with Crippen molar-refractivity contribution in [2.24, 2.45) is 0 Å². The van der Waals surface area contributed by atoms with Crippen molar-refractivity contribution in [1.82, 2.24) is 4.90 Å². The quantitative estimate of drug-likeness (QED) is 0.805. The Kier molecular flexibility index (Phi) is 3.50. The van der Waals surface area contributed by atoms with Gasteiger partial charge in [-0.05, 0) is 12.1 Å². The number of carbonyl (C=O) groups excluding carboxylic acids is 2. The van der Waals surface area contributed by atoms with Gasteiger partial charge in [0.15, 0.2) is 5.78 Å². The van der Waals surface area contributed by atoms with Gasteiger partial charge in [0.25, 0.3) is 5.91 Å². The molecule has 0 radical (unpaired) electrons. The Balaban J connectivity index is 2.26. The molecule has 0 spiro atoms. The van der Waals surface area contributed by atoms with Gasteiger partial charge in [-0.25, -0.2) is 0 Å². The summed E-state index contributed by atoms with van der Waals surface area (Å²) in [5, 5.41) is 0. The summed E-state index contributed by atoms with van der Waals surface area (Å²) in [4.78, 5) is 24.9. The number of nitrogens with zero attached hydrogens (tertiary/aromatic N) is 1. The monoisotopic (exact) mass is 249 g/mol. The van der Waals surface area contributed by atoms with Crippen LogP contribution >= 0.6 is 0 Å². The molecule has 1 fully saturated rings. The van der Waals surface area contributed by atoms with Gasteiger partial charge in [-0.2, -0.15) is 0 Å². The van der Waals surface area contributed by atoms with E-state index in [-0.39, 0.29) is 18.2 Å². The lowest BCUT2D eigenvalue weighted by Crippen LogP contribution is -2.28. The van der Waals surface area contributed by atoms with Crippen molar-refractivity contribution in [3.63, 3.8) is 0 Å². The van der Waals surface area contributed by atoms with Crippen molar-refractivity contribution in [1.29, 1.82) is 0 Å². The second kappa shape index (κ2) is 5.08. The summed E-state index contributed by atoms with van der Waals surface area (Å²) in [6.45, 7) is 0.676. The lowest BCUT2D eigenvalue weighted by atomic mass is 10.1. The van der Waals surface area contributed by atoms with Crippen LogP contribution in [0, 0.1) is 0 Å². The number of carbonyl (C=O) groups is 2. The van der Waals surface area contributed by atoms with E-state index in [0.717, 1.165) is 0 Å². The van der Waals surface area contributed by atoms with E-state index in [2.05, 4.69) is 0 Å². The zero-order valence-electron chi connectivity index (χ0n) is 10.4. The van der Waals surface area contributed by atoms with Crippen LogP contribution in [-0.4, -0.2) is 43.9 Å². The minimum absolute atomic E-state index is 0.0956. The highest BCUT2D eigenvalue weighted by Gasteiger charge is 2.25. The summed E-state index contributed by atoms with van der Waals surface area (Å²) in [7, 11) is 3.06. The molecule has 1 aromatic carbocycles. The smallest absolute Gasteiger partial charge is 0.254 e. The first-order chi connectivity index (χ1) is 8.63. The van der Waals surface area contributed by atoms with Crippen LogP contribution in [0.5, 0.6) is 11.5 Å². The molecule has 1 heterocycles. The third kappa shape index (κ3) is 2.45. The molecular weight excluding hydrogens is 234 g/mol. The standard InChI is InChI=1S/C13H15NO4/c1-17-11-5-9(6-12(7-11)18-2)13(16)14-4-3-10(15)8-14/h5-7H,3-4,8H2,1-2H3. The first-order valence-corrected chi connectivity index (χ1v) is 5.68. The molecule has 0 aromatic heterocycles. The molecule has 96 valence electrons. The zero-order chi connectivity index (χ0) is 13.1. The van der Waals surface area contributed by atoms with E-state index in [1.165, 1.54) is 19.1 Å². The molecule has 0 unspecified atom stereocenters. The molecule has 2 rings (SSSR count). The molecule has 1 saturated heterocycles. The second-order valence-electron chi connectivity index (χ2n) is 4.12. The number of ketones is 1. The maximum absolute atomic E-state index is 12.2. The molecule has 0 N–H and O–H groups in total. The number of amides is 1. The van der Waals surface area contributed by atoms with Gasteiger partial charge in [-0.15, -0.1) is 0 Å². The van der Waals surface area contributed by atoms with Crippen LogP contribution in [0.25, 0.3) is 0 Å². The maximum Gasteiger partial charge on any atom is 0.254 e. The Morgan fingerprint density at radius 3 is 2.22 bits per heavy atom. The largest absolute Gasteiger partial charge is 0.497 e. The normalized spacial score (nSPS) is 14.8.